The van der Waals surface area contributed by atoms with Crippen LogP contribution in [-0.2, 0) is 0 Å². The SMILES string of the molecule is CC/C(=N\Nc1c(Cl)c(Cl)nc(C(=O)O)c1Cl)c1ccc(OC(F)F)cc1. The molecule has 0 atom stereocenters. The van der Waals surface area contributed by atoms with Crippen LogP contribution >= 0.6 is 34.8 Å². The van der Waals surface area contributed by atoms with Crippen LogP contribution in [0.5, 0.6) is 5.75 Å². The van der Waals surface area contributed by atoms with Crippen LogP contribution in [0.25, 0.3) is 0 Å². The largest absolute Gasteiger partial charge is 0.476 e. The lowest BCUT2D eigenvalue weighted by molar-refractivity contribution is -0.0498. The third-order valence-electron chi connectivity index (χ3n) is 3.29. The van der Waals surface area contributed by atoms with Crippen molar-refractivity contribution in [2.75, 3.05) is 5.43 Å². The van der Waals surface area contributed by atoms with Gasteiger partial charge < -0.3 is 9.84 Å². The Morgan fingerprint density at radius 1 is 1.26 bits per heavy atom. The van der Waals surface area contributed by atoms with Crippen LogP contribution in [-0.4, -0.2) is 28.4 Å². The van der Waals surface area contributed by atoms with E-state index in [1.54, 1.807) is 12.1 Å². The molecule has 144 valence electrons. The number of hydrazone groups is 1. The summed E-state index contributed by atoms with van der Waals surface area (Å²) in [5.41, 5.74) is 3.25. The van der Waals surface area contributed by atoms with E-state index in [2.05, 4.69) is 20.2 Å². The van der Waals surface area contributed by atoms with Gasteiger partial charge in [0.2, 0.25) is 0 Å². The number of halogens is 5. The summed E-state index contributed by atoms with van der Waals surface area (Å²) in [4.78, 5) is 14.8. The third kappa shape index (κ3) is 5.18. The molecule has 0 unspecified atom stereocenters. The van der Waals surface area contributed by atoms with Gasteiger partial charge in [-0.25, -0.2) is 9.78 Å². The highest BCUT2D eigenvalue weighted by Gasteiger charge is 2.21. The van der Waals surface area contributed by atoms with Gasteiger partial charge >= 0.3 is 12.6 Å². The quantitative estimate of drug-likeness (QED) is 0.335. The molecule has 0 radical (unpaired) electrons. The molecule has 0 saturated heterocycles. The Bertz CT molecular complexity index is 877. The monoisotopic (exact) mass is 437 g/mol. The Morgan fingerprint density at radius 3 is 2.41 bits per heavy atom. The van der Waals surface area contributed by atoms with Crippen LogP contribution < -0.4 is 10.2 Å². The predicted octanol–water partition coefficient (Wildman–Crippen LogP) is 5.57. The van der Waals surface area contributed by atoms with Gasteiger partial charge in [-0.15, -0.1) is 0 Å². The number of aromatic nitrogens is 1. The van der Waals surface area contributed by atoms with Gasteiger partial charge in [-0.05, 0) is 36.2 Å². The molecule has 11 heteroatoms. The Balaban J connectivity index is 2.33. The van der Waals surface area contributed by atoms with E-state index in [0.717, 1.165) is 0 Å². The second kappa shape index (κ2) is 9.16. The molecule has 1 aromatic carbocycles. The Labute approximate surface area is 167 Å². The number of nitrogens with one attached hydrogen (secondary N) is 1. The van der Waals surface area contributed by atoms with E-state index in [-0.39, 0.29) is 26.6 Å². The first-order chi connectivity index (χ1) is 12.7. The zero-order chi connectivity index (χ0) is 20.1. The van der Waals surface area contributed by atoms with Gasteiger partial charge in [-0.3, -0.25) is 5.43 Å². The number of rotatable bonds is 7. The number of anilines is 1. The molecular formula is C16H12Cl3F2N3O3. The molecule has 0 aliphatic heterocycles. The lowest BCUT2D eigenvalue weighted by atomic mass is 10.1. The molecule has 0 aliphatic rings. The average molecular weight is 439 g/mol. The summed E-state index contributed by atoms with van der Waals surface area (Å²) in [6.45, 7) is -1.10. The first kappa shape index (κ1) is 21.1. The number of carbonyl (C=O) groups is 1. The first-order valence-electron chi connectivity index (χ1n) is 7.40. The molecule has 0 saturated carbocycles. The number of carboxylic acids is 1. The van der Waals surface area contributed by atoms with Gasteiger partial charge in [0.25, 0.3) is 0 Å². The van der Waals surface area contributed by atoms with Gasteiger partial charge in [0.15, 0.2) is 10.8 Å². The maximum Gasteiger partial charge on any atom is 0.387 e. The highest BCUT2D eigenvalue weighted by molar-refractivity contribution is 6.46. The van der Waals surface area contributed by atoms with Crippen LogP contribution in [0.2, 0.25) is 15.2 Å². The number of nitrogens with zero attached hydrogens (tertiary/aromatic N) is 2. The molecule has 0 aliphatic carbocycles. The predicted molar refractivity (Wildman–Crippen MR) is 99.8 cm³/mol. The molecule has 0 fully saturated rings. The zero-order valence-corrected chi connectivity index (χ0v) is 15.9. The van der Waals surface area contributed by atoms with E-state index in [0.29, 0.717) is 17.7 Å². The normalized spacial score (nSPS) is 11.6. The summed E-state index contributed by atoms with van der Waals surface area (Å²) in [6, 6.07) is 5.84. The van der Waals surface area contributed by atoms with E-state index >= 15 is 0 Å². The van der Waals surface area contributed by atoms with Crippen molar-refractivity contribution < 1.29 is 23.4 Å². The summed E-state index contributed by atoms with van der Waals surface area (Å²) in [5.74, 6) is -1.37. The van der Waals surface area contributed by atoms with Gasteiger partial charge in [0.05, 0.1) is 11.4 Å². The van der Waals surface area contributed by atoms with E-state index in [1.807, 2.05) is 6.92 Å². The van der Waals surface area contributed by atoms with Crippen molar-refractivity contribution in [3.05, 3.63) is 50.7 Å². The molecule has 2 aromatic rings. The minimum Gasteiger partial charge on any atom is -0.476 e. The maximum absolute atomic E-state index is 12.2. The molecule has 1 heterocycles. The number of benzene rings is 1. The first-order valence-corrected chi connectivity index (χ1v) is 8.53. The fraction of sp³-hybridized carbons (Fsp3) is 0.188. The summed E-state index contributed by atoms with van der Waals surface area (Å²) < 4.78 is 28.7. The summed E-state index contributed by atoms with van der Waals surface area (Å²) in [7, 11) is 0. The van der Waals surface area contributed by atoms with Crippen LogP contribution in [0.15, 0.2) is 29.4 Å². The van der Waals surface area contributed by atoms with Crippen molar-refractivity contribution in [1.29, 1.82) is 0 Å². The van der Waals surface area contributed by atoms with Gasteiger partial charge in [0, 0.05) is 0 Å². The average Bonchev–Trinajstić information content (AvgIpc) is 2.61. The van der Waals surface area contributed by atoms with Crippen LogP contribution in [0, 0.1) is 0 Å². The smallest absolute Gasteiger partial charge is 0.387 e. The highest BCUT2D eigenvalue weighted by Crippen LogP contribution is 2.37. The molecule has 0 bridgehead atoms. The molecule has 1 aromatic heterocycles. The van der Waals surface area contributed by atoms with Crippen LogP contribution in [0.4, 0.5) is 14.5 Å². The van der Waals surface area contributed by atoms with E-state index < -0.39 is 18.3 Å². The second-order valence-electron chi connectivity index (χ2n) is 4.99. The number of carboxylic acid groups (broad SMARTS) is 1. The van der Waals surface area contributed by atoms with E-state index in [1.165, 1.54) is 12.1 Å². The van der Waals surface area contributed by atoms with E-state index in [9.17, 15) is 13.6 Å². The number of alkyl halides is 2. The van der Waals surface area contributed by atoms with Crippen molar-refractivity contribution in [2.24, 2.45) is 5.10 Å². The minimum absolute atomic E-state index is 0.00951. The molecule has 27 heavy (non-hydrogen) atoms. The van der Waals surface area contributed by atoms with Crippen LogP contribution in [0.3, 0.4) is 0 Å². The lowest BCUT2D eigenvalue weighted by Crippen LogP contribution is -2.08. The number of pyridine rings is 1. The number of hydrogen-bond donors (Lipinski definition) is 2. The van der Waals surface area contributed by atoms with E-state index in [4.69, 9.17) is 39.9 Å². The van der Waals surface area contributed by atoms with Gasteiger partial charge in [-0.2, -0.15) is 13.9 Å². The third-order valence-corrected chi connectivity index (χ3v) is 4.40. The van der Waals surface area contributed by atoms with Crippen LogP contribution in [0.1, 0.15) is 29.4 Å². The standard InChI is InChI=1S/C16H12Cl3F2N3O3/c1-2-9(7-3-5-8(6-4-7)27-16(20)21)23-24-12-10(17)13(15(25)26)22-14(19)11(12)18/h3-6,16H,2H2,1H3,(H,22,24)(H,25,26)/b23-9+. The number of hydrogen-bond acceptors (Lipinski definition) is 5. The van der Waals surface area contributed by atoms with Crippen molar-refractivity contribution in [1.82, 2.24) is 4.98 Å². The Morgan fingerprint density at radius 2 is 1.89 bits per heavy atom. The fourth-order valence-corrected chi connectivity index (χ4v) is 2.72. The van der Waals surface area contributed by atoms with Crippen molar-refractivity contribution in [3.63, 3.8) is 0 Å². The van der Waals surface area contributed by atoms with Crippen molar-refractivity contribution in [2.45, 2.75) is 20.0 Å². The zero-order valence-electron chi connectivity index (χ0n) is 13.6. The Hall–Kier alpha value is -2.16. The topological polar surface area (TPSA) is 83.8 Å². The number of ether oxygens (including phenoxy) is 1. The second-order valence-corrected chi connectivity index (χ2v) is 6.10. The molecular weight excluding hydrogens is 427 g/mol. The molecule has 0 spiro atoms. The van der Waals surface area contributed by atoms with Crippen molar-refractivity contribution >= 4 is 52.2 Å². The fourth-order valence-electron chi connectivity index (χ4n) is 2.05. The molecule has 2 rings (SSSR count). The molecule has 0 amide bonds. The Kier molecular flexibility index (Phi) is 7.18. The highest BCUT2D eigenvalue weighted by atomic mass is 35.5. The molecule has 6 nitrogen and oxygen atoms in total. The van der Waals surface area contributed by atoms with Gasteiger partial charge in [-0.1, -0.05) is 41.7 Å². The van der Waals surface area contributed by atoms with Crippen molar-refractivity contribution in [3.8, 4) is 5.75 Å². The summed E-state index contributed by atoms with van der Waals surface area (Å²) in [6.07, 6.45) is 0.460. The van der Waals surface area contributed by atoms with Gasteiger partial charge in [0.1, 0.15) is 15.8 Å². The minimum atomic E-state index is -2.92. The summed E-state index contributed by atoms with van der Waals surface area (Å²) in [5, 5.41) is 12.7. The summed E-state index contributed by atoms with van der Waals surface area (Å²) >= 11 is 17.9. The maximum atomic E-state index is 12.2. The molecule has 2 N–H and O–H groups in total. The number of aromatic carboxylic acids is 1. The lowest BCUT2D eigenvalue weighted by Gasteiger charge is -2.11.